The Morgan fingerprint density at radius 1 is 1.45 bits per heavy atom. The summed E-state index contributed by atoms with van der Waals surface area (Å²) < 4.78 is 17.5. The number of aryl methyl sites for hydroxylation is 1. The quantitative estimate of drug-likeness (QED) is 0.539. The van der Waals surface area contributed by atoms with Crippen LogP contribution in [0.1, 0.15) is 5.56 Å². The average molecular weight is 427 g/mol. The second-order valence-electron chi connectivity index (χ2n) is 4.01. The third kappa shape index (κ3) is 4.40. The van der Waals surface area contributed by atoms with Gasteiger partial charge in [-0.05, 0) is 40.5 Å². The highest BCUT2D eigenvalue weighted by Crippen LogP contribution is 2.38. The molecule has 0 saturated carbocycles. The van der Waals surface area contributed by atoms with Crippen LogP contribution in [-0.2, 0) is 11.3 Å². The normalized spacial score (nSPS) is 12.0. The van der Waals surface area contributed by atoms with Gasteiger partial charge in [-0.15, -0.1) is 4.83 Å². The Balaban J connectivity index is 1.97. The lowest BCUT2D eigenvalue weighted by Gasteiger charge is -2.09. The van der Waals surface area contributed by atoms with Crippen LogP contribution in [0.3, 0.4) is 0 Å². The van der Waals surface area contributed by atoms with Crippen LogP contribution in [0, 0.1) is 17.0 Å². The maximum atomic E-state index is 11.8. The van der Waals surface area contributed by atoms with E-state index in [9.17, 15) is 14.3 Å². The number of nitrogens with one attached hydrogen (secondary N) is 2. The maximum Gasteiger partial charge on any atom is 0.307 e. The molecule has 1 atom stereocenters. The Morgan fingerprint density at radius 2 is 2.18 bits per heavy atom. The zero-order chi connectivity index (χ0) is 16.3. The molecular weight excluding hydrogens is 418 g/mol. The lowest BCUT2D eigenvalue weighted by Crippen LogP contribution is -2.27. The maximum absolute atomic E-state index is 11.8. The van der Waals surface area contributed by atoms with E-state index in [1.807, 2.05) is 25.1 Å². The van der Waals surface area contributed by atoms with E-state index in [0.717, 1.165) is 27.4 Å². The molecule has 0 radical (unpaired) electrons. The standard InChI is InChI=1S/C11H9BrClN3O4S2/c1-6-2-3-7(12)8(4-6)14-15-22(19)20-10-5-9(16(17)18)11(13)21-10/h2-5,14-15H,1H3. The van der Waals surface area contributed by atoms with E-state index >= 15 is 0 Å². The molecule has 118 valence electrons. The van der Waals surface area contributed by atoms with Gasteiger partial charge in [-0.3, -0.25) is 10.1 Å². The summed E-state index contributed by atoms with van der Waals surface area (Å²) in [4.78, 5) is 12.5. The second-order valence-corrected chi connectivity index (χ2v) is 7.32. The molecule has 11 heteroatoms. The fraction of sp³-hybridized carbons (Fsp3) is 0.0909. The van der Waals surface area contributed by atoms with Crippen LogP contribution in [0.5, 0.6) is 5.06 Å². The number of nitro groups is 1. The van der Waals surface area contributed by atoms with Crippen molar-refractivity contribution in [2.24, 2.45) is 0 Å². The number of anilines is 1. The van der Waals surface area contributed by atoms with Crippen LogP contribution in [0.4, 0.5) is 11.4 Å². The lowest BCUT2D eigenvalue weighted by atomic mass is 10.2. The minimum absolute atomic E-state index is 0.0358. The summed E-state index contributed by atoms with van der Waals surface area (Å²) in [5.41, 5.74) is 4.14. The number of thiophene rings is 1. The first-order valence-electron chi connectivity index (χ1n) is 5.68. The average Bonchev–Trinajstić information content (AvgIpc) is 2.80. The van der Waals surface area contributed by atoms with Gasteiger partial charge in [0.25, 0.3) is 0 Å². The molecular formula is C11H9BrClN3O4S2. The number of hydrazine groups is 1. The summed E-state index contributed by atoms with van der Waals surface area (Å²) in [6, 6.07) is 6.71. The molecule has 2 rings (SSSR count). The number of rotatable bonds is 6. The van der Waals surface area contributed by atoms with Crippen molar-refractivity contribution in [3.8, 4) is 5.06 Å². The first-order valence-corrected chi connectivity index (χ1v) is 8.74. The zero-order valence-corrected chi connectivity index (χ0v) is 14.9. The smallest absolute Gasteiger partial charge is 0.307 e. The van der Waals surface area contributed by atoms with E-state index < -0.39 is 16.2 Å². The van der Waals surface area contributed by atoms with E-state index in [0.29, 0.717) is 5.69 Å². The summed E-state index contributed by atoms with van der Waals surface area (Å²) in [5.74, 6) is 0. The van der Waals surface area contributed by atoms with Gasteiger partial charge in [0.05, 0.1) is 16.7 Å². The van der Waals surface area contributed by atoms with Crippen molar-refractivity contribution in [2.45, 2.75) is 6.92 Å². The summed E-state index contributed by atoms with van der Waals surface area (Å²) in [6.45, 7) is 1.91. The minimum atomic E-state index is -1.95. The van der Waals surface area contributed by atoms with Crippen molar-refractivity contribution < 1.29 is 13.3 Å². The highest BCUT2D eigenvalue weighted by molar-refractivity contribution is 9.10. The number of benzene rings is 1. The fourth-order valence-electron chi connectivity index (χ4n) is 1.43. The number of halogens is 2. The highest BCUT2D eigenvalue weighted by atomic mass is 79.9. The Bertz CT molecular complexity index is 740. The Morgan fingerprint density at radius 3 is 2.82 bits per heavy atom. The van der Waals surface area contributed by atoms with Crippen molar-refractivity contribution in [3.63, 3.8) is 0 Å². The SMILES string of the molecule is Cc1ccc(Br)c(NNS(=O)Oc2cc([N+](=O)[O-])c(Cl)s2)c1. The van der Waals surface area contributed by atoms with E-state index in [1.165, 1.54) is 0 Å². The summed E-state index contributed by atoms with van der Waals surface area (Å²) in [6.07, 6.45) is 0. The van der Waals surface area contributed by atoms with Crippen molar-refractivity contribution in [2.75, 3.05) is 5.43 Å². The minimum Gasteiger partial charge on any atom is -0.376 e. The number of hydrogen-bond acceptors (Lipinski definition) is 6. The molecule has 0 aliphatic carbocycles. The largest absolute Gasteiger partial charge is 0.376 e. The second kappa shape index (κ2) is 7.38. The molecule has 22 heavy (non-hydrogen) atoms. The van der Waals surface area contributed by atoms with Crippen LogP contribution < -0.4 is 14.4 Å². The van der Waals surface area contributed by atoms with Gasteiger partial charge in [0.15, 0.2) is 4.34 Å². The molecule has 1 heterocycles. The van der Waals surface area contributed by atoms with E-state index in [1.54, 1.807) is 0 Å². The van der Waals surface area contributed by atoms with Crippen molar-refractivity contribution in [1.29, 1.82) is 0 Å². The van der Waals surface area contributed by atoms with Crippen LogP contribution in [0.25, 0.3) is 0 Å². The first kappa shape index (κ1) is 17.2. The molecule has 1 unspecified atom stereocenters. The van der Waals surface area contributed by atoms with Gasteiger partial charge in [0.2, 0.25) is 5.06 Å². The van der Waals surface area contributed by atoms with Crippen LogP contribution in [0.2, 0.25) is 4.34 Å². The molecule has 2 aromatic rings. The van der Waals surface area contributed by atoms with Gasteiger partial charge in [-0.1, -0.05) is 29.0 Å². The van der Waals surface area contributed by atoms with E-state index in [-0.39, 0.29) is 15.1 Å². The summed E-state index contributed by atoms with van der Waals surface area (Å²) in [7, 11) is 0. The molecule has 0 spiro atoms. The molecule has 0 fully saturated rings. The monoisotopic (exact) mass is 425 g/mol. The third-order valence-electron chi connectivity index (χ3n) is 2.39. The summed E-state index contributed by atoms with van der Waals surface area (Å²) >= 11 is 7.92. The van der Waals surface area contributed by atoms with E-state index in [4.69, 9.17) is 15.8 Å². The lowest BCUT2D eigenvalue weighted by molar-refractivity contribution is -0.384. The van der Waals surface area contributed by atoms with Gasteiger partial charge in [-0.25, -0.2) is 0 Å². The van der Waals surface area contributed by atoms with E-state index in [2.05, 4.69) is 26.2 Å². The van der Waals surface area contributed by atoms with Crippen LogP contribution >= 0.6 is 38.9 Å². The highest BCUT2D eigenvalue weighted by Gasteiger charge is 2.19. The zero-order valence-electron chi connectivity index (χ0n) is 11.0. The molecule has 0 bridgehead atoms. The molecule has 1 aromatic carbocycles. The third-order valence-corrected chi connectivity index (χ3v) is 5.00. The number of nitrogens with zero attached hydrogens (tertiary/aromatic N) is 1. The molecule has 0 saturated heterocycles. The Hall–Kier alpha value is -1.20. The molecule has 0 aliphatic rings. The van der Waals surface area contributed by atoms with Gasteiger partial charge in [-0.2, -0.15) is 4.21 Å². The van der Waals surface area contributed by atoms with Crippen molar-refractivity contribution >= 4 is 61.5 Å². The fourth-order valence-corrected chi connectivity index (χ4v) is 3.47. The first-order chi connectivity index (χ1) is 10.4. The molecule has 7 nitrogen and oxygen atoms in total. The number of hydrogen-bond donors (Lipinski definition) is 2. The molecule has 0 amide bonds. The molecule has 2 N–H and O–H groups in total. The Kier molecular flexibility index (Phi) is 5.75. The summed E-state index contributed by atoms with van der Waals surface area (Å²) in [5, 5.41) is 10.7. The van der Waals surface area contributed by atoms with Gasteiger partial charge < -0.3 is 9.61 Å². The molecule has 1 aromatic heterocycles. The van der Waals surface area contributed by atoms with Crippen LogP contribution in [0.15, 0.2) is 28.7 Å². The predicted octanol–water partition coefficient (Wildman–Crippen LogP) is 3.95. The van der Waals surface area contributed by atoms with Gasteiger partial charge >= 0.3 is 17.0 Å². The van der Waals surface area contributed by atoms with Crippen molar-refractivity contribution in [1.82, 2.24) is 4.83 Å². The van der Waals surface area contributed by atoms with Crippen LogP contribution in [-0.4, -0.2) is 9.13 Å². The van der Waals surface area contributed by atoms with Crippen molar-refractivity contribution in [3.05, 3.63) is 48.8 Å². The predicted molar refractivity (Wildman–Crippen MR) is 90.4 cm³/mol. The van der Waals surface area contributed by atoms with Gasteiger partial charge in [0, 0.05) is 4.47 Å². The van der Waals surface area contributed by atoms with Gasteiger partial charge in [0.1, 0.15) is 0 Å². The topological polar surface area (TPSA) is 93.5 Å². The molecule has 0 aliphatic heterocycles. The Labute approximate surface area is 145 Å².